The molecule has 0 bridgehead atoms. The van der Waals surface area contributed by atoms with Gasteiger partial charge in [-0.2, -0.15) is 12.6 Å². The Morgan fingerprint density at radius 3 is 2.08 bits per heavy atom. The van der Waals surface area contributed by atoms with E-state index in [9.17, 15) is 0 Å². The van der Waals surface area contributed by atoms with Gasteiger partial charge in [0.15, 0.2) is 0 Å². The molecule has 1 saturated heterocycles. The molecule has 1 fully saturated rings. The number of nitrogens with zero attached hydrogens (tertiary/aromatic N) is 1. The van der Waals surface area contributed by atoms with Crippen LogP contribution in [0.25, 0.3) is 0 Å². The van der Waals surface area contributed by atoms with Gasteiger partial charge in [-0.25, -0.2) is 0 Å². The van der Waals surface area contributed by atoms with Gasteiger partial charge in [0.2, 0.25) is 0 Å². The first-order valence-corrected chi connectivity index (χ1v) is 6.10. The van der Waals surface area contributed by atoms with E-state index in [1.807, 2.05) is 0 Å². The fourth-order valence-electron chi connectivity index (χ4n) is 1.95. The van der Waals surface area contributed by atoms with E-state index in [4.69, 9.17) is 0 Å². The van der Waals surface area contributed by atoms with Gasteiger partial charge in [0.05, 0.1) is 0 Å². The average Bonchev–Trinajstić information content (AvgIpc) is 2.32. The van der Waals surface area contributed by atoms with Crippen LogP contribution in [0.3, 0.4) is 0 Å². The van der Waals surface area contributed by atoms with Crippen molar-refractivity contribution in [3.05, 3.63) is 0 Å². The summed E-state index contributed by atoms with van der Waals surface area (Å²) in [6, 6.07) is 0. The quantitative estimate of drug-likeness (QED) is 0.687. The molecule has 1 nitrogen and oxygen atoms in total. The van der Waals surface area contributed by atoms with Gasteiger partial charge in [-0.15, -0.1) is 0 Å². The SMILES string of the molecule is CC(C)(CS)CN1CCCCCC1. The van der Waals surface area contributed by atoms with Gasteiger partial charge in [0, 0.05) is 6.54 Å². The molecule has 0 aliphatic carbocycles. The second kappa shape index (κ2) is 5.26. The van der Waals surface area contributed by atoms with Crippen LogP contribution in [0.1, 0.15) is 39.5 Å². The van der Waals surface area contributed by atoms with Crippen molar-refractivity contribution < 1.29 is 0 Å². The minimum absolute atomic E-state index is 0.382. The van der Waals surface area contributed by atoms with Crippen LogP contribution in [0.15, 0.2) is 0 Å². The molecule has 1 aliphatic rings. The summed E-state index contributed by atoms with van der Waals surface area (Å²) in [5.41, 5.74) is 0.382. The third-order valence-electron chi connectivity index (χ3n) is 2.78. The van der Waals surface area contributed by atoms with E-state index in [0.717, 1.165) is 5.75 Å². The Labute approximate surface area is 88.3 Å². The predicted molar refractivity (Wildman–Crippen MR) is 62.5 cm³/mol. The molecular formula is C11H23NS. The topological polar surface area (TPSA) is 3.24 Å². The van der Waals surface area contributed by atoms with Gasteiger partial charge >= 0.3 is 0 Å². The molecular weight excluding hydrogens is 178 g/mol. The summed E-state index contributed by atoms with van der Waals surface area (Å²) in [6.07, 6.45) is 5.64. The Balaban J connectivity index is 2.33. The number of rotatable bonds is 3. The van der Waals surface area contributed by atoms with Crippen LogP contribution in [0.4, 0.5) is 0 Å². The van der Waals surface area contributed by atoms with Crippen LogP contribution in [-0.4, -0.2) is 30.3 Å². The minimum Gasteiger partial charge on any atom is -0.303 e. The third kappa shape index (κ3) is 4.37. The molecule has 0 spiro atoms. The Morgan fingerprint density at radius 1 is 1.08 bits per heavy atom. The molecule has 0 unspecified atom stereocenters. The monoisotopic (exact) mass is 201 g/mol. The van der Waals surface area contributed by atoms with Crippen molar-refractivity contribution in [3.8, 4) is 0 Å². The molecule has 0 amide bonds. The lowest BCUT2D eigenvalue weighted by Crippen LogP contribution is -2.35. The van der Waals surface area contributed by atoms with Gasteiger partial charge in [-0.05, 0) is 37.1 Å². The van der Waals surface area contributed by atoms with Crippen LogP contribution in [-0.2, 0) is 0 Å². The van der Waals surface area contributed by atoms with Crippen LogP contribution in [0.2, 0.25) is 0 Å². The summed E-state index contributed by atoms with van der Waals surface area (Å²) in [6.45, 7) is 8.45. The Morgan fingerprint density at radius 2 is 1.62 bits per heavy atom. The molecule has 0 aromatic heterocycles. The van der Waals surface area contributed by atoms with E-state index in [1.165, 1.54) is 45.3 Å². The molecule has 2 heteroatoms. The second-order valence-electron chi connectivity index (χ2n) is 5.01. The molecule has 1 aliphatic heterocycles. The van der Waals surface area contributed by atoms with Crippen molar-refractivity contribution in [1.29, 1.82) is 0 Å². The average molecular weight is 201 g/mol. The lowest BCUT2D eigenvalue weighted by molar-refractivity contribution is 0.201. The highest BCUT2D eigenvalue weighted by Gasteiger charge is 2.20. The van der Waals surface area contributed by atoms with E-state index in [-0.39, 0.29) is 0 Å². The van der Waals surface area contributed by atoms with E-state index < -0.39 is 0 Å². The smallest absolute Gasteiger partial charge is 0.00405 e. The summed E-state index contributed by atoms with van der Waals surface area (Å²) >= 11 is 4.40. The number of thiol groups is 1. The van der Waals surface area contributed by atoms with E-state index in [0.29, 0.717) is 5.41 Å². The predicted octanol–water partition coefficient (Wildman–Crippen LogP) is 2.82. The van der Waals surface area contributed by atoms with Crippen molar-refractivity contribution >= 4 is 12.6 Å². The Kier molecular flexibility index (Phi) is 4.60. The highest BCUT2D eigenvalue weighted by atomic mass is 32.1. The van der Waals surface area contributed by atoms with Gasteiger partial charge in [-0.3, -0.25) is 0 Å². The molecule has 0 radical (unpaired) electrons. The maximum absolute atomic E-state index is 4.40. The first kappa shape index (κ1) is 11.4. The molecule has 78 valence electrons. The third-order valence-corrected chi connectivity index (χ3v) is 3.63. The summed E-state index contributed by atoms with van der Waals surface area (Å²) in [5, 5.41) is 0. The zero-order valence-corrected chi connectivity index (χ0v) is 9.95. The van der Waals surface area contributed by atoms with Crippen molar-refractivity contribution in [2.45, 2.75) is 39.5 Å². The Hall–Kier alpha value is 0.310. The van der Waals surface area contributed by atoms with Crippen LogP contribution in [0.5, 0.6) is 0 Å². The van der Waals surface area contributed by atoms with Crippen LogP contribution >= 0.6 is 12.6 Å². The van der Waals surface area contributed by atoms with Crippen molar-refractivity contribution in [3.63, 3.8) is 0 Å². The van der Waals surface area contributed by atoms with Crippen molar-refractivity contribution in [2.75, 3.05) is 25.4 Å². The van der Waals surface area contributed by atoms with Gasteiger partial charge in [0.25, 0.3) is 0 Å². The number of likely N-dealkylation sites (tertiary alicyclic amines) is 1. The van der Waals surface area contributed by atoms with Crippen molar-refractivity contribution in [1.82, 2.24) is 4.90 Å². The highest BCUT2D eigenvalue weighted by molar-refractivity contribution is 7.80. The van der Waals surface area contributed by atoms with E-state index >= 15 is 0 Å². The molecule has 0 N–H and O–H groups in total. The fourth-order valence-corrected chi connectivity index (χ4v) is 2.05. The molecule has 1 heterocycles. The summed E-state index contributed by atoms with van der Waals surface area (Å²) < 4.78 is 0. The van der Waals surface area contributed by atoms with Gasteiger partial charge in [0.1, 0.15) is 0 Å². The molecule has 0 aromatic rings. The summed E-state index contributed by atoms with van der Waals surface area (Å²) in [5.74, 6) is 0.990. The lowest BCUT2D eigenvalue weighted by atomic mass is 9.95. The summed E-state index contributed by atoms with van der Waals surface area (Å²) in [7, 11) is 0. The zero-order chi connectivity index (χ0) is 9.73. The standard InChI is InChI=1S/C11H23NS/c1-11(2,10-13)9-12-7-5-3-4-6-8-12/h13H,3-10H2,1-2H3. The Bertz CT molecular complexity index is 137. The first-order valence-electron chi connectivity index (χ1n) is 5.47. The largest absolute Gasteiger partial charge is 0.303 e. The van der Waals surface area contributed by atoms with E-state index in [1.54, 1.807) is 0 Å². The van der Waals surface area contributed by atoms with Crippen LogP contribution in [0, 0.1) is 5.41 Å². The van der Waals surface area contributed by atoms with E-state index in [2.05, 4.69) is 31.4 Å². The molecule has 0 atom stereocenters. The fraction of sp³-hybridized carbons (Fsp3) is 1.00. The zero-order valence-electron chi connectivity index (χ0n) is 9.05. The lowest BCUT2D eigenvalue weighted by Gasteiger charge is -2.30. The van der Waals surface area contributed by atoms with Crippen molar-refractivity contribution in [2.24, 2.45) is 5.41 Å². The molecule has 1 rings (SSSR count). The van der Waals surface area contributed by atoms with Gasteiger partial charge in [-0.1, -0.05) is 26.7 Å². The second-order valence-corrected chi connectivity index (χ2v) is 5.33. The molecule has 0 saturated carbocycles. The maximum Gasteiger partial charge on any atom is 0.00405 e. The van der Waals surface area contributed by atoms with Crippen LogP contribution < -0.4 is 0 Å². The number of hydrogen-bond donors (Lipinski definition) is 1. The van der Waals surface area contributed by atoms with Gasteiger partial charge < -0.3 is 4.90 Å². The minimum atomic E-state index is 0.382. The summed E-state index contributed by atoms with van der Waals surface area (Å²) in [4.78, 5) is 2.61. The maximum atomic E-state index is 4.40. The number of hydrogen-bond acceptors (Lipinski definition) is 2. The first-order chi connectivity index (χ1) is 6.14. The highest BCUT2D eigenvalue weighted by Crippen LogP contribution is 2.20. The normalized spacial score (nSPS) is 21.5. The molecule has 13 heavy (non-hydrogen) atoms. The molecule has 0 aromatic carbocycles.